The molecule has 3 rings (SSSR count). The zero-order valence-corrected chi connectivity index (χ0v) is 16.5. The summed E-state index contributed by atoms with van der Waals surface area (Å²) in [5.74, 6) is -0.330. The van der Waals surface area contributed by atoms with E-state index in [2.05, 4.69) is 12.2 Å². The zero-order chi connectivity index (χ0) is 20.5. The van der Waals surface area contributed by atoms with Gasteiger partial charge in [0.1, 0.15) is 5.75 Å². The summed E-state index contributed by atoms with van der Waals surface area (Å²) in [5, 5.41) is 5.05. The number of hydrogen-bond donors (Lipinski definition) is 1. The van der Waals surface area contributed by atoms with Crippen molar-refractivity contribution in [3.8, 4) is 5.75 Å². The molecule has 0 unspecified atom stereocenters. The molecule has 5 nitrogen and oxygen atoms in total. The van der Waals surface area contributed by atoms with Crippen molar-refractivity contribution in [2.24, 2.45) is 0 Å². The van der Waals surface area contributed by atoms with Gasteiger partial charge in [-0.05, 0) is 34.9 Å². The second kappa shape index (κ2) is 10.3. The molecule has 5 heteroatoms. The summed E-state index contributed by atoms with van der Waals surface area (Å²) in [5.41, 5.74) is 1.04. The molecule has 0 saturated heterocycles. The van der Waals surface area contributed by atoms with Crippen LogP contribution in [0.4, 0.5) is 0 Å². The number of nitrogens with one attached hydrogen (secondary N) is 1. The summed E-state index contributed by atoms with van der Waals surface area (Å²) >= 11 is 0. The van der Waals surface area contributed by atoms with Gasteiger partial charge in [0, 0.05) is 0 Å². The van der Waals surface area contributed by atoms with E-state index in [4.69, 9.17) is 9.47 Å². The molecule has 0 aliphatic carbocycles. The van der Waals surface area contributed by atoms with E-state index < -0.39 is 5.97 Å². The second-order valence-electron chi connectivity index (χ2n) is 6.78. The van der Waals surface area contributed by atoms with Crippen molar-refractivity contribution in [2.45, 2.75) is 25.8 Å². The summed E-state index contributed by atoms with van der Waals surface area (Å²) in [7, 11) is 0. The van der Waals surface area contributed by atoms with Gasteiger partial charge in [0.25, 0.3) is 5.91 Å². The van der Waals surface area contributed by atoms with Crippen LogP contribution in [0, 0.1) is 0 Å². The summed E-state index contributed by atoms with van der Waals surface area (Å²) in [6.45, 7) is 1.49. The predicted octanol–water partition coefficient (Wildman–Crippen LogP) is 4.42. The van der Waals surface area contributed by atoms with Gasteiger partial charge in [-0.15, -0.1) is 0 Å². The SMILES string of the molecule is CCC[C@@H](NC(=O)COC(=O)COc1ccc2ccccc2c1)c1ccccc1. The summed E-state index contributed by atoms with van der Waals surface area (Å²) in [6.07, 6.45) is 1.74. The Balaban J connectivity index is 1.46. The van der Waals surface area contributed by atoms with Crippen LogP contribution in [-0.4, -0.2) is 25.1 Å². The Morgan fingerprint density at radius 2 is 1.62 bits per heavy atom. The van der Waals surface area contributed by atoms with E-state index in [0.29, 0.717) is 5.75 Å². The number of rotatable bonds is 9. The highest BCUT2D eigenvalue weighted by Crippen LogP contribution is 2.20. The molecule has 1 amide bonds. The Labute approximate surface area is 170 Å². The normalized spacial score (nSPS) is 11.6. The van der Waals surface area contributed by atoms with E-state index in [-0.39, 0.29) is 25.2 Å². The average Bonchev–Trinajstić information content (AvgIpc) is 2.76. The third-order valence-corrected chi connectivity index (χ3v) is 4.56. The lowest BCUT2D eigenvalue weighted by Crippen LogP contribution is -2.33. The molecular formula is C24H25NO4. The Morgan fingerprint density at radius 1 is 0.897 bits per heavy atom. The quantitative estimate of drug-likeness (QED) is 0.549. The lowest BCUT2D eigenvalue weighted by Gasteiger charge is -2.18. The lowest BCUT2D eigenvalue weighted by molar-refractivity contribution is -0.150. The van der Waals surface area contributed by atoms with Gasteiger partial charge in [-0.25, -0.2) is 4.79 Å². The Hall–Kier alpha value is -3.34. The number of ether oxygens (including phenoxy) is 2. The summed E-state index contributed by atoms with van der Waals surface area (Å²) in [4.78, 5) is 24.1. The van der Waals surface area contributed by atoms with Crippen LogP contribution in [0.5, 0.6) is 5.75 Å². The molecule has 0 aromatic heterocycles. The number of benzene rings is 3. The summed E-state index contributed by atoms with van der Waals surface area (Å²) in [6, 6.07) is 23.2. The van der Waals surface area contributed by atoms with Crippen molar-refractivity contribution in [2.75, 3.05) is 13.2 Å². The van der Waals surface area contributed by atoms with Gasteiger partial charge in [0.05, 0.1) is 6.04 Å². The van der Waals surface area contributed by atoms with Crippen LogP contribution in [0.3, 0.4) is 0 Å². The van der Waals surface area contributed by atoms with Gasteiger partial charge in [-0.2, -0.15) is 0 Å². The molecule has 0 fully saturated rings. The molecule has 150 valence electrons. The number of fused-ring (bicyclic) bond motifs is 1. The summed E-state index contributed by atoms with van der Waals surface area (Å²) < 4.78 is 10.5. The lowest BCUT2D eigenvalue weighted by atomic mass is 10.0. The molecule has 0 bridgehead atoms. The standard InChI is InChI=1S/C24H25NO4/c1-2-8-22(19-10-4-3-5-11-19)25-23(26)16-29-24(27)17-28-21-14-13-18-9-6-7-12-20(18)15-21/h3-7,9-15,22H,2,8,16-17H2,1H3,(H,25,26)/t22-/m1/s1. The molecule has 0 saturated carbocycles. The maximum Gasteiger partial charge on any atom is 0.344 e. The molecule has 29 heavy (non-hydrogen) atoms. The van der Waals surface area contributed by atoms with Crippen LogP contribution >= 0.6 is 0 Å². The molecule has 1 atom stereocenters. The van der Waals surface area contributed by atoms with E-state index in [0.717, 1.165) is 29.2 Å². The number of carbonyl (C=O) groups is 2. The molecule has 0 radical (unpaired) electrons. The highest BCUT2D eigenvalue weighted by atomic mass is 16.6. The van der Waals surface area contributed by atoms with E-state index in [1.165, 1.54) is 0 Å². The zero-order valence-electron chi connectivity index (χ0n) is 16.5. The van der Waals surface area contributed by atoms with Gasteiger partial charge in [-0.3, -0.25) is 4.79 Å². The van der Waals surface area contributed by atoms with Crippen LogP contribution in [-0.2, 0) is 14.3 Å². The third-order valence-electron chi connectivity index (χ3n) is 4.56. The van der Waals surface area contributed by atoms with Gasteiger partial charge in [0.2, 0.25) is 0 Å². The van der Waals surface area contributed by atoms with Crippen molar-refractivity contribution >= 4 is 22.6 Å². The first-order valence-corrected chi connectivity index (χ1v) is 9.77. The van der Waals surface area contributed by atoms with Gasteiger partial charge in [0.15, 0.2) is 13.2 Å². The maximum atomic E-state index is 12.2. The topological polar surface area (TPSA) is 64.6 Å². The Kier molecular flexibility index (Phi) is 7.22. The Bertz CT molecular complexity index is 955. The number of amides is 1. The van der Waals surface area contributed by atoms with Crippen LogP contribution in [0.15, 0.2) is 72.8 Å². The molecule has 1 N–H and O–H groups in total. The third kappa shape index (κ3) is 6.07. The van der Waals surface area contributed by atoms with Crippen molar-refractivity contribution in [3.05, 3.63) is 78.4 Å². The van der Waals surface area contributed by atoms with E-state index in [1.807, 2.05) is 66.7 Å². The van der Waals surface area contributed by atoms with Crippen LogP contribution < -0.4 is 10.1 Å². The minimum atomic E-state index is -0.583. The minimum Gasteiger partial charge on any atom is -0.482 e. The molecular weight excluding hydrogens is 366 g/mol. The monoisotopic (exact) mass is 391 g/mol. The Morgan fingerprint density at radius 3 is 2.38 bits per heavy atom. The molecule has 0 heterocycles. The smallest absolute Gasteiger partial charge is 0.344 e. The van der Waals surface area contributed by atoms with E-state index >= 15 is 0 Å². The fraction of sp³-hybridized carbons (Fsp3) is 0.250. The largest absolute Gasteiger partial charge is 0.482 e. The molecule has 3 aromatic rings. The van der Waals surface area contributed by atoms with Gasteiger partial charge >= 0.3 is 5.97 Å². The molecule has 0 spiro atoms. The van der Waals surface area contributed by atoms with Crippen molar-refractivity contribution in [3.63, 3.8) is 0 Å². The maximum absolute atomic E-state index is 12.2. The predicted molar refractivity (Wildman–Crippen MR) is 113 cm³/mol. The highest BCUT2D eigenvalue weighted by molar-refractivity contribution is 5.84. The fourth-order valence-electron chi connectivity index (χ4n) is 3.12. The van der Waals surface area contributed by atoms with Crippen molar-refractivity contribution < 1.29 is 19.1 Å². The number of esters is 1. The van der Waals surface area contributed by atoms with Gasteiger partial charge in [-0.1, -0.05) is 74.0 Å². The highest BCUT2D eigenvalue weighted by Gasteiger charge is 2.15. The van der Waals surface area contributed by atoms with Gasteiger partial charge < -0.3 is 14.8 Å². The van der Waals surface area contributed by atoms with Crippen LogP contribution in [0.2, 0.25) is 0 Å². The minimum absolute atomic E-state index is 0.0961. The second-order valence-corrected chi connectivity index (χ2v) is 6.78. The van der Waals surface area contributed by atoms with Crippen LogP contribution in [0.25, 0.3) is 10.8 Å². The number of hydrogen-bond acceptors (Lipinski definition) is 4. The van der Waals surface area contributed by atoms with Crippen molar-refractivity contribution in [1.29, 1.82) is 0 Å². The first kappa shape index (κ1) is 20.4. The van der Waals surface area contributed by atoms with Crippen LogP contribution in [0.1, 0.15) is 31.4 Å². The first-order chi connectivity index (χ1) is 14.2. The van der Waals surface area contributed by atoms with Crippen molar-refractivity contribution in [1.82, 2.24) is 5.32 Å². The fourth-order valence-corrected chi connectivity index (χ4v) is 3.12. The first-order valence-electron chi connectivity index (χ1n) is 9.77. The van der Waals surface area contributed by atoms with E-state index in [9.17, 15) is 9.59 Å². The molecule has 0 aliphatic rings. The molecule has 0 aliphatic heterocycles. The average molecular weight is 391 g/mol. The number of carbonyl (C=O) groups excluding carboxylic acids is 2. The molecule has 3 aromatic carbocycles. The van der Waals surface area contributed by atoms with E-state index in [1.54, 1.807) is 6.07 Å².